The molecule has 1 unspecified atom stereocenters. The van der Waals surface area contributed by atoms with Crippen LogP contribution in [-0.4, -0.2) is 5.97 Å². The summed E-state index contributed by atoms with van der Waals surface area (Å²) in [6.45, 7) is 8.78. The van der Waals surface area contributed by atoms with Gasteiger partial charge in [-0.05, 0) is 12.5 Å². The summed E-state index contributed by atoms with van der Waals surface area (Å²) in [6, 6.07) is 0. The monoisotopic (exact) mass is 166 g/mol. The minimum Gasteiger partial charge on any atom is -0.434 e. The summed E-state index contributed by atoms with van der Waals surface area (Å²) in [5.74, 6) is -0.370. The molecule has 0 fully saturated rings. The Kier molecular flexibility index (Phi) is 5.70. The second-order valence-corrected chi connectivity index (χ2v) is 2.43. The molecular weight excluding hydrogens is 152 g/mol. The molecule has 0 aliphatic rings. The van der Waals surface area contributed by atoms with Gasteiger partial charge >= 0.3 is 5.97 Å². The maximum Gasteiger partial charge on any atom is 0.313 e. The fourth-order valence-corrected chi connectivity index (χ4v) is 0.624. The lowest BCUT2D eigenvalue weighted by atomic mass is 10.1. The number of rotatable bonds is 5. The normalized spacial score (nSPS) is 12.4. The van der Waals surface area contributed by atoms with E-state index in [4.69, 9.17) is 4.74 Å². The third-order valence-electron chi connectivity index (χ3n) is 1.32. The zero-order valence-electron chi connectivity index (χ0n) is 7.32. The molecule has 1 atom stereocenters. The quantitative estimate of drug-likeness (QED) is 0.271. The molecule has 0 aromatic carbocycles. The first-order chi connectivity index (χ1) is 5.72. The third-order valence-corrected chi connectivity index (χ3v) is 1.32. The van der Waals surface area contributed by atoms with E-state index in [-0.39, 0.29) is 11.9 Å². The van der Waals surface area contributed by atoms with Crippen molar-refractivity contribution in [2.24, 2.45) is 5.92 Å². The first kappa shape index (κ1) is 10.7. The van der Waals surface area contributed by atoms with E-state index in [1.165, 1.54) is 6.26 Å². The Morgan fingerprint density at radius 2 is 2.25 bits per heavy atom. The van der Waals surface area contributed by atoms with Gasteiger partial charge < -0.3 is 4.74 Å². The molecule has 2 heteroatoms. The fraction of sp³-hybridized carbons (Fsp3) is 0.300. The SMILES string of the molecule is C=CC=COC(=O)C(C)CC=C. The van der Waals surface area contributed by atoms with Crippen molar-refractivity contribution >= 4 is 5.97 Å². The molecule has 0 amide bonds. The molecule has 66 valence electrons. The van der Waals surface area contributed by atoms with Crippen LogP contribution in [0.25, 0.3) is 0 Å². The molecule has 0 bridgehead atoms. The lowest BCUT2D eigenvalue weighted by molar-refractivity contribution is -0.142. The van der Waals surface area contributed by atoms with Gasteiger partial charge in [-0.1, -0.05) is 25.7 Å². The highest BCUT2D eigenvalue weighted by Gasteiger charge is 2.10. The van der Waals surface area contributed by atoms with Crippen molar-refractivity contribution in [3.8, 4) is 0 Å². The molecule has 0 aliphatic carbocycles. The number of hydrogen-bond donors (Lipinski definition) is 0. The van der Waals surface area contributed by atoms with Crippen molar-refractivity contribution in [1.82, 2.24) is 0 Å². The molecular formula is C10H14O2. The Morgan fingerprint density at radius 3 is 2.75 bits per heavy atom. The molecule has 0 saturated heterocycles. The summed E-state index contributed by atoms with van der Waals surface area (Å²) >= 11 is 0. The van der Waals surface area contributed by atoms with Crippen LogP contribution in [-0.2, 0) is 9.53 Å². The summed E-state index contributed by atoms with van der Waals surface area (Å²) < 4.78 is 4.76. The first-order valence-electron chi connectivity index (χ1n) is 3.81. The molecule has 0 radical (unpaired) electrons. The Hall–Kier alpha value is -1.31. The molecule has 0 spiro atoms. The highest BCUT2D eigenvalue weighted by Crippen LogP contribution is 2.04. The number of carbonyl (C=O) groups is 1. The standard InChI is InChI=1S/C10H14O2/c1-4-6-8-12-10(11)9(3)7-5-2/h4-6,8-9H,1-2,7H2,3H3. The van der Waals surface area contributed by atoms with Gasteiger partial charge in [0, 0.05) is 0 Å². The zero-order valence-corrected chi connectivity index (χ0v) is 7.32. The molecule has 0 rings (SSSR count). The Labute approximate surface area is 73.2 Å². The second kappa shape index (κ2) is 6.40. The van der Waals surface area contributed by atoms with Gasteiger partial charge in [0.05, 0.1) is 12.2 Å². The van der Waals surface area contributed by atoms with E-state index in [0.29, 0.717) is 6.42 Å². The summed E-state index contributed by atoms with van der Waals surface area (Å²) in [5.41, 5.74) is 0. The number of allylic oxidation sites excluding steroid dienone is 3. The number of ether oxygens (including phenoxy) is 1. The van der Waals surface area contributed by atoms with Crippen LogP contribution in [0.2, 0.25) is 0 Å². The van der Waals surface area contributed by atoms with Crippen molar-refractivity contribution in [2.75, 3.05) is 0 Å². The van der Waals surface area contributed by atoms with Crippen LogP contribution < -0.4 is 0 Å². The smallest absolute Gasteiger partial charge is 0.313 e. The summed E-state index contributed by atoms with van der Waals surface area (Å²) in [7, 11) is 0. The maximum absolute atomic E-state index is 11.1. The van der Waals surface area contributed by atoms with Crippen LogP contribution in [0.15, 0.2) is 37.6 Å². The number of esters is 1. The van der Waals surface area contributed by atoms with Gasteiger partial charge in [0.1, 0.15) is 0 Å². The van der Waals surface area contributed by atoms with Crippen LogP contribution in [0, 0.1) is 5.92 Å². The molecule has 0 N–H and O–H groups in total. The average molecular weight is 166 g/mol. The predicted octanol–water partition coefficient (Wildman–Crippen LogP) is 2.44. The molecule has 0 heterocycles. The third kappa shape index (κ3) is 4.50. The van der Waals surface area contributed by atoms with Crippen LogP contribution >= 0.6 is 0 Å². The Morgan fingerprint density at radius 1 is 1.58 bits per heavy atom. The lowest BCUT2D eigenvalue weighted by Gasteiger charge is -2.04. The average Bonchev–Trinajstić information content (AvgIpc) is 2.05. The highest BCUT2D eigenvalue weighted by atomic mass is 16.5. The van der Waals surface area contributed by atoms with E-state index in [2.05, 4.69) is 13.2 Å². The molecule has 0 saturated carbocycles. The van der Waals surface area contributed by atoms with E-state index in [0.717, 1.165) is 0 Å². The maximum atomic E-state index is 11.1. The van der Waals surface area contributed by atoms with E-state index in [1.54, 1.807) is 25.2 Å². The van der Waals surface area contributed by atoms with Crippen molar-refractivity contribution in [3.05, 3.63) is 37.6 Å². The van der Waals surface area contributed by atoms with Gasteiger partial charge in [-0.15, -0.1) is 6.58 Å². The summed E-state index contributed by atoms with van der Waals surface area (Å²) in [5, 5.41) is 0. The van der Waals surface area contributed by atoms with Gasteiger partial charge in [-0.25, -0.2) is 0 Å². The summed E-state index contributed by atoms with van der Waals surface area (Å²) in [4.78, 5) is 11.1. The lowest BCUT2D eigenvalue weighted by Crippen LogP contribution is -2.10. The zero-order chi connectivity index (χ0) is 9.40. The van der Waals surface area contributed by atoms with Gasteiger partial charge in [-0.2, -0.15) is 0 Å². The molecule has 0 aromatic rings. The molecule has 0 aromatic heterocycles. The Bertz CT molecular complexity index is 192. The van der Waals surface area contributed by atoms with Gasteiger partial charge in [-0.3, -0.25) is 4.79 Å². The molecule has 12 heavy (non-hydrogen) atoms. The largest absolute Gasteiger partial charge is 0.434 e. The minimum atomic E-state index is -0.243. The van der Waals surface area contributed by atoms with E-state index in [9.17, 15) is 4.79 Å². The van der Waals surface area contributed by atoms with E-state index >= 15 is 0 Å². The highest BCUT2D eigenvalue weighted by molar-refractivity contribution is 5.72. The van der Waals surface area contributed by atoms with Crippen molar-refractivity contribution < 1.29 is 9.53 Å². The van der Waals surface area contributed by atoms with Gasteiger partial charge in [0.25, 0.3) is 0 Å². The number of hydrogen-bond acceptors (Lipinski definition) is 2. The van der Waals surface area contributed by atoms with Crippen molar-refractivity contribution in [3.63, 3.8) is 0 Å². The Balaban J connectivity index is 3.78. The number of carbonyl (C=O) groups excluding carboxylic acids is 1. The molecule has 2 nitrogen and oxygen atoms in total. The first-order valence-corrected chi connectivity index (χ1v) is 3.81. The second-order valence-electron chi connectivity index (χ2n) is 2.43. The van der Waals surface area contributed by atoms with Crippen LogP contribution in [0.1, 0.15) is 13.3 Å². The molecule has 0 aliphatic heterocycles. The van der Waals surface area contributed by atoms with Crippen molar-refractivity contribution in [2.45, 2.75) is 13.3 Å². The van der Waals surface area contributed by atoms with Gasteiger partial charge in [0.2, 0.25) is 0 Å². The topological polar surface area (TPSA) is 26.3 Å². The van der Waals surface area contributed by atoms with E-state index < -0.39 is 0 Å². The minimum absolute atomic E-state index is 0.128. The summed E-state index contributed by atoms with van der Waals surface area (Å²) in [6.07, 6.45) is 6.78. The van der Waals surface area contributed by atoms with Gasteiger partial charge in [0.15, 0.2) is 0 Å². The predicted molar refractivity (Wildman–Crippen MR) is 49.4 cm³/mol. The fourth-order valence-electron chi connectivity index (χ4n) is 0.624. The van der Waals surface area contributed by atoms with Crippen LogP contribution in [0.4, 0.5) is 0 Å². The van der Waals surface area contributed by atoms with Crippen LogP contribution in [0.5, 0.6) is 0 Å². The van der Waals surface area contributed by atoms with Crippen LogP contribution in [0.3, 0.4) is 0 Å². The van der Waals surface area contributed by atoms with Crippen molar-refractivity contribution in [1.29, 1.82) is 0 Å². The van der Waals surface area contributed by atoms with E-state index in [1.807, 2.05) is 0 Å².